The van der Waals surface area contributed by atoms with Gasteiger partial charge in [-0.2, -0.15) is 0 Å². The maximum atomic E-state index is 12.0. The van der Waals surface area contributed by atoms with E-state index in [1.807, 2.05) is 0 Å². The third-order valence-corrected chi connectivity index (χ3v) is 3.98. The SMILES string of the molecule is O=C(Nc1cccc(Cl)c1)Nc1cnc([C@@H]2CNCCO2)c(Cl)c1. The second-order valence-electron chi connectivity index (χ2n) is 5.24. The summed E-state index contributed by atoms with van der Waals surface area (Å²) in [4.78, 5) is 16.3. The number of pyridine rings is 1. The number of hydrogen-bond acceptors (Lipinski definition) is 4. The normalized spacial score (nSPS) is 17.3. The molecule has 6 nitrogen and oxygen atoms in total. The van der Waals surface area contributed by atoms with E-state index >= 15 is 0 Å². The second-order valence-corrected chi connectivity index (χ2v) is 6.09. The van der Waals surface area contributed by atoms with Gasteiger partial charge in [-0.3, -0.25) is 4.98 Å². The molecule has 0 bridgehead atoms. The van der Waals surface area contributed by atoms with Crippen LogP contribution in [0.1, 0.15) is 11.8 Å². The van der Waals surface area contributed by atoms with Gasteiger partial charge in [-0.1, -0.05) is 29.3 Å². The molecular weight excluding hydrogens is 351 g/mol. The van der Waals surface area contributed by atoms with Crippen molar-refractivity contribution in [3.63, 3.8) is 0 Å². The van der Waals surface area contributed by atoms with Crippen LogP contribution in [0.25, 0.3) is 0 Å². The summed E-state index contributed by atoms with van der Waals surface area (Å²) in [5.41, 5.74) is 1.74. The molecule has 24 heavy (non-hydrogen) atoms. The standard InChI is InChI=1S/C16H16Cl2N4O2/c17-10-2-1-3-11(6-10)21-16(23)22-12-7-13(18)15(20-8-12)14-9-19-4-5-24-14/h1-3,6-8,14,19H,4-5,9H2,(H2,21,22,23)/t14-/m0/s1. The highest BCUT2D eigenvalue weighted by molar-refractivity contribution is 6.31. The van der Waals surface area contributed by atoms with Crippen LogP contribution in [0.3, 0.4) is 0 Å². The van der Waals surface area contributed by atoms with Crippen LogP contribution in [0.4, 0.5) is 16.2 Å². The zero-order valence-electron chi connectivity index (χ0n) is 12.7. The molecule has 0 unspecified atom stereocenters. The fourth-order valence-corrected chi connectivity index (χ4v) is 2.83. The molecule has 1 aliphatic heterocycles. The van der Waals surface area contributed by atoms with Crippen molar-refractivity contribution in [2.24, 2.45) is 0 Å². The summed E-state index contributed by atoms with van der Waals surface area (Å²) in [6.07, 6.45) is 1.37. The van der Waals surface area contributed by atoms with Crippen LogP contribution in [0, 0.1) is 0 Å². The largest absolute Gasteiger partial charge is 0.369 e. The van der Waals surface area contributed by atoms with E-state index in [2.05, 4.69) is 20.9 Å². The molecule has 8 heteroatoms. The van der Waals surface area contributed by atoms with Crippen LogP contribution in [-0.4, -0.2) is 30.7 Å². The average molecular weight is 367 g/mol. The Morgan fingerprint density at radius 2 is 2.08 bits per heavy atom. The summed E-state index contributed by atoms with van der Waals surface area (Å²) in [6, 6.07) is 8.13. The minimum absolute atomic E-state index is 0.180. The van der Waals surface area contributed by atoms with Crippen LogP contribution in [-0.2, 0) is 4.74 Å². The van der Waals surface area contributed by atoms with Gasteiger partial charge in [0.05, 0.1) is 29.2 Å². The molecule has 3 N–H and O–H groups in total. The van der Waals surface area contributed by atoms with E-state index in [9.17, 15) is 4.79 Å². The fraction of sp³-hybridized carbons (Fsp3) is 0.250. The first-order valence-electron chi connectivity index (χ1n) is 7.43. The molecule has 1 aromatic heterocycles. The molecule has 2 heterocycles. The third kappa shape index (κ3) is 4.36. The number of carbonyl (C=O) groups excluding carboxylic acids is 1. The molecule has 0 radical (unpaired) electrons. The summed E-state index contributed by atoms with van der Waals surface area (Å²) in [6.45, 7) is 2.09. The number of amides is 2. The van der Waals surface area contributed by atoms with Gasteiger partial charge < -0.3 is 20.7 Å². The lowest BCUT2D eigenvalue weighted by Crippen LogP contribution is -2.33. The molecule has 2 aromatic rings. The van der Waals surface area contributed by atoms with Crippen LogP contribution >= 0.6 is 23.2 Å². The number of urea groups is 1. The molecule has 2 amide bonds. The first-order valence-corrected chi connectivity index (χ1v) is 8.19. The Morgan fingerprint density at radius 3 is 2.79 bits per heavy atom. The van der Waals surface area contributed by atoms with E-state index in [1.165, 1.54) is 0 Å². The van der Waals surface area contributed by atoms with Gasteiger partial charge in [0.25, 0.3) is 0 Å². The van der Waals surface area contributed by atoms with Crippen LogP contribution in [0.15, 0.2) is 36.5 Å². The Hall–Kier alpha value is -1.86. The van der Waals surface area contributed by atoms with Crippen molar-refractivity contribution in [2.45, 2.75) is 6.10 Å². The number of benzene rings is 1. The van der Waals surface area contributed by atoms with Crippen molar-refractivity contribution in [1.82, 2.24) is 10.3 Å². The summed E-state index contributed by atoms with van der Waals surface area (Å²) in [7, 11) is 0. The first kappa shape index (κ1) is 17.0. The summed E-state index contributed by atoms with van der Waals surface area (Å²) >= 11 is 12.2. The monoisotopic (exact) mass is 366 g/mol. The first-order chi connectivity index (χ1) is 11.6. The Kier molecular flexibility index (Phi) is 5.52. The predicted octanol–water partition coefficient (Wildman–Crippen LogP) is 3.69. The molecular formula is C16H16Cl2N4O2. The fourth-order valence-electron chi connectivity index (χ4n) is 2.35. The van der Waals surface area contributed by atoms with E-state index in [-0.39, 0.29) is 6.10 Å². The van der Waals surface area contributed by atoms with Crippen molar-refractivity contribution >= 4 is 40.6 Å². The zero-order valence-corrected chi connectivity index (χ0v) is 14.2. The average Bonchev–Trinajstić information content (AvgIpc) is 2.55. The van der Waals surface area contributed by atoms with Crippen molar-refractivity contribution in [1.29, 1.82) is 0 Å². The van der Waals surface area contributed by atoms with E-state index < -0.39 is 6.03 Å². The highest BCUT2D eigenvalue weighted by Gasteiger charge is 2.20. The smallest absolute Gasteiger partial charge is 0.323 e. The van der Waals surface area contributed by atoms with Crippen LogP contribution in [0.2, 0.25) is 10.0 Å². The van der Waals surface area contributed by atoms with Crippen molar-refractivity contribution in [3.05, 3.63) is 52.3 Å². The lowest BCUT2D eigenvalue weighted by atomic mass is 10.2. The summed E-state index contributed by atoms with van der Waals surface area (Å²) < 4.78 is 5.63. The molecule has 1 aliphatic rings. The Morgan fingerprint density at radius 1 is 1.25 bits per heavy atom. The maximum Gasteiger partial charge on any atom is 0.323 e. The van der Waals surface area contributed by atoms with Gasteiger partial charge in [0.1, 0.15) is 6.10 Å². The minimum Gasteiger partial charge on any atom is -0.369 e. The Bertz CT molecular complexity index is 736. The van der Waals surface area contributed by atoms with Crippen LogP contribution in [0.5, 0.6) is 0 Å². The quantitative estimate of drug-likeness (QED) is 0.774. The molecule has 0 saturated carbocycles. The Labute approximate surface area is 149 Å². The van der Waals surface area contributed by atoms with Gasteiger partial charge in [-0.15, -0.1) is 0 Å². The second kappa shape index (κ2) is 7.81. The summed E-state index contributed by atoms with van der Waals surface area (Å²) in [5, 5.41) is 9.59. The number of aromatic nitrogens is 1. The topological polar surface area (TPSA) is 75.3 Å². The molecule has 1 atom stereocenters. The van der Waals surface area contributed by atoms with Crippen molar-refractivity contribution < 1.29 is 9.53 Å². The number of rotatable bonds is 3. The number of nitrogens with one attached hydrogen (secondary N) is 3. The van der Waals surface area contributed by atoms with Gasteiger partial charge in [0.2, 0.25) is 0 Å². The predicted molar refractivity (Wildman–Crippen MR) is 94.9 cm³/mol. The van der Waals surface area contributed by atoms with E-state index in [0.717, 1.165) is 6.54 Å². The van der Waals surface area contributed by atoms with Crippen molar-refractivity contribution in [3.8, 4) is 0 Å². The third-order valence-electron chi connectivity index (χ3n) is 3.44. The lowest BCUT2D eigenvalue weighted by Gasteiger charge is -2.24. The number of ether oxygens (including phenoxy) is 1. The molecule has 1 saturated heterocycles. The number of nitrogens with zero attached hydrogens (tertiary/aromatic N) is 1. The number of morpholine rings is 1. The van der Waals surface area contributed by atoms with E-state index in [4.69, 9.17) is 27.9 Å². The number of anilines is 2. The summed E-state index contributed by atoms with van der Waals surface area (Å²) in [5.74, 6) is 0. The van der Waals surface area contributed by atoms with E-state index in [0.29, 0.717) is 40.3 Å². The number of halogens is 2. The molecule has 1 aromatic carbocycles. The van der Waals surface area contributed by atoms with E-state index in [1.54, 1.807) is 36.5 Å². The van der Waals surface area contributed by atoms with Gasteiger partial charge >= 0.3 is 6.03 Å². The van der Waals surface area contributed by atoms with Crippen LogP contribution < -0.4 is 16.0 Å². The highest BCUT2D eigenvalue weighted by atomic mass is 35.5. The van der Waals surface area contributed by atoms with Gasteiger partial charge in [-0.05, 0) is 24.3 Å². The highest BCUT2D eigenvalue weighted by Crippen LogP contribution is 2.27. The zero-order chi connectivity index (χ0) is 16.9. The van der Waals surface area contributed by atoms with Crippen molar-refractivity contribution in [2.75, 3.05) is 30.3 Å². The molecule has 126 valence electrons. The molecule has 0 aliphatic carbocycles. The number of carbonyl (C=O) groups is 1. The minimum atomic E-state index is -0.404. The molecule has 3 rings (SSSR count). The number of hydrogen-bond donors (Lipinski definition) is 3. The van der Waals surface area contributed by atoms with Gasteiger partial charge in [0, 0.05) is 23.8 Å². The van der Waals surface area contributed by atoms with Gasteiger partial charge in [-0.25, -0.2) is 4.79 Å². The Balaban J connectivity index is 1.64. The molecule has 0 spiro atoms. The van der Waals surface area contributed by atoms with Gasteiger partial charge in [0.15, 0.2) is 0 Å². The molecule has 1 fully saturated rings. The maximum absolute atomic E-state index is 12.0. The lowest BCUT2D eigenvalue weighted by molar-refractivity contribution is 0.0251.